The molecular weight excluding hydrogens is 224 g/mol. The van der Waals surface area contributed by atoms with Crippen molar-refractivity contribution >= 4 is 17.0 Å². The maximum Gasteiger partial charge on any atom is 0.206 e. The van der Waals surface area contributed by atoms with Gasteiger partial charge < -0.3 is 14.8 Å². The predicted octanol–water partition coefficient (Wildman–Crippen LogP) is 1.86. The lowest BCUT2D eigenvalue weighted by molar-refractivity contribution is 0.564. The van der Waals surface area contributed by atoms with Gasteiger partial charge in [0.15, 0.2) is 0 Å². The lowest BCUT2D eigenvalue weighted by Gasteiger charge is -2.28. The van der Waals surface area contributed by atoms with E-state index >= 15 is 0 Å². The van der Waals surface area contributed by atoms with Gasteiger partial charge in [0.25, 0.3) is 0 Å². The molecule has 1 saturated heterocycles. The minimum absolute atomic E-state index is 1.04. The van der Waals surface area contributed by atoms with Crippen molar-refractivity contribution in [3.05, 3.63) is 24.3 Å². The van der Waals surface area contributed by atoms with Crippen LogP contribution in [0.4, 0.5) is 5.95 Å². The Kier molecular flexibility index (Phi) is 3.19. The summed E-state index contributed by atoms with van der Waals surface area (Å²) in [4.78, 5) is 7.21. The smallest absolute Gasteiger partial charge is 0.206 e. The monoisotopic (exact) mass is 244 g/mol. The maximum absolute atomic E-state index is 4.82. The summed E-state index contributed by atoms with van der Waals surface area (Å²) in [6, 6.07) is 8.43. The highest BCUT2D eigenvalue weighted by molar-refractivity contribution is 5.78. The molecule has 1 aromatic heterocycles. The van der Waals surface area contributed by atoms with E-state index in [0.717, 1.165) is 50.6 Å². The number of rotatable bonds is 3. The molecule has 96 valence electrons. The number of aryl methyl sites for hydroxylation is 1. The molecule has 1 aliphatic rings. The molecule has 0 amide bonds. The molecule has 4 heteroatoms. The highest BCUT2D eigenvalue weighted by Gasteiger charge is 2.18. The fourth-order valence-electron chi connectivity index (χ4n) is 2.61. The molecule has 0 bridgehead atoms. The van der Waals surface area contributed by atoms with Crippen molar-refractivity contribution in [1.82, 2.24) is 14.9 Å². The number of nitrogens with one attached hydrogen (secondary N) is 1. The molecule has 0 saturated carbocycles. The fourth-order valence-corrected chi connectivity index (χ4v) is 2.61. The largest absolute Gasteiger partial charge is 0.340 e. The Hall–Kier alpha value is -1.55. The average Bonchev–Trinajstić information content (AvgIpc) is 2.80. The zero-order chi connectivity index (χ0) is 12.4. The SMILES string of the molecule is CCCn1c(N2CCNCC2)nc2ccccc21. The molecular formula is C14H20N4. The topological polar surface area (TPSA) is 33.1 Å². The van der Waals surface area contributed by atoms with Crippen molar-refractivity contribution in [3.8, 4) is 0 Å². The first-order valence-electron chi connectivity index (χ1n) is 6.81. The average molecular weight is 244 g/mol. The van der Waals surface area contributed by atoms with E-state index in [1.807, 2.05) is 0 Å². The molecule has 18 heavy (non-hydrogen) atoms. The summed E-state index contributed by atoms with van der Waals surface area (Å²) in [6.45, 7) is 7.46. The third-order valence-electron chi connectivity index (χ3n) is 3.48. The van der Waals surface area contributed by atoms with Crippen LogP contribution in [-0.2, 0) is 6.54 Å². The van der Waals surface area contributed by atoms with E-state index in [0.29, 0.717) is 0 Å². The Bertz CT molecular complexity index is 526. The second kappa shape index (κ2) is 4.98. The summed E-state index contributed by atoms with van der Waals surface area (Å²) in [5.74, 6) is 1.14. The molecule has 1 fully saturated rings. The third-order valence-corrected chi connectivity index (χ3v) is 3.48. The van der Waals surface area contributed by atoms with Crippen LogP contribution in [0, 0.1) is 0 Å². The van der Waals surface area contributed by atoms with E-state index in [1.165, 1.54) is 5.52 Å². The molecule has 0 unspecified atom stereocenters. The molecule has 0 spiro atoms. The summed E-state index contributed by atoms with van der Waals surface area (Å²) in [6.07, 6.45) is 1.14. The zero-order valence-electron chi connectivity index (χ0n) is 10.9. The normalized spacial score (nSPS) is 16.4. The Morgan fingerprint density at radius 3 is 2.78 bits per heavy atom. The first-order valence-corrected chi connectivity index (χ1v) is 6.81. The second-order valence-corrected chi connectivity index (χ2v) is 4.79. The standard InChI is InChI=1S/C14H20N4/c1-2-9-18-13-6-4-3-5-12(13)16-14(18)17-10-7-15-8-11-17/h3-6,15H,2,7-11H2,1H3. The zero-order valence-corrected chi connectivity index (χ0v) is 10.9. The summed E-state index contributed by atoms with van der Waals surface area (Å²) < 4.78 is 2.36. The highest BCUT2D eigenvalue weighted by Crippen LogP contribution is 2.23. The van der Waals surface area contributed by atoms with Crippen molar-refractivity contribution in [1.29, 1.82) is 0 Å². The molecule has 1 N–H and O–H groups in total. The van der Waals surface area contributed by atoms with Gasteiger partial charge in [0.05, 0.1) is 11.0 Å². The molecule has 4 nitrogen and oxygen atoms in total. The van der Waals surface area contributed by atoms with Crippen molar-refractivity contribution < 1.29 is 0 Å². The number of benzene rings is 1. The van der Waals surface area contributed by atoms with Crippen LogP contribution in [-0.4, -0.2) is 35.7 Å². The van der Waals surface area contributed by atoms with E-state index in [4.69, 9.17) is 4.98 Å². The van der Waals surface area contributed by atoms with Crippen molar-refractivity contribution in [3.63, 3.8) is 0 Å². The molecule has 1 aromatic carbocycles. The molecule has 0 atom stereocenters. The molecule has 2 heterocycles. The Morgan fingerprint density at radius 1 is 1.22 bits per heavy atom. The summed E-state index contributed by atoms with van der Waals surface area (Å²) in [5, 5.41) is 3.39. The molecule has 2 aromatic rings. The van der Waals surface area contributed by atoms with Gasteiger partial charge >= 0.3 is 0 Å². The molecule has 0 radical (unpaired) electrons. The minimum Gasteiger partial charge on any atom is -0.340 e. The highest BCUT2D eigenvalue weighted by atomic mass is 15.3. The van der Waals surface area contributed by atoms with Gasteiger partial charge in [0.2, 0.25) is 5.95 Å². The first-order chi connectivity index (χ1) is 8.90. The number of hydrogen-bond acceptors (Lipinski definition) is 3. The number of nitrogens with zero attached hydrogens (tertiary/aromatic N) is 3. The number of anilines is 1. The van der Waals surface area contributed by atoms with E-state index in [-0.39, 0.29) is 0 Å². The Morgan fingerprint density at radius 2 is 2.00 bits per heavy atom. The summed E-state index contributed by atoms with van der Waals surface area (Å²) >= 11 is 0. The number of piperazine rings is 1. The van der Waals surface area contributed by atoms with E-state index in [2.05, 4.69) is 46.0 Å². The number of aromatic nitrogens is 2. The van der Waals surface area contributed by atoms with E-state index in [9.17, 15) is 0 Å². The van der Waals surface area contributed by atoms with Gasteiger partial charge in [0, 0.05) is 32.7 Å². The summed E-state index contributed by atoms with van der Waals surface area (Å²) in [5.41, 5.74) is 2.37. The fraction of sp³-hybridized carbons (Fsp3) is 0.500. The van der Waals surface area contributed by atoms with Gasteiger partial charge in [-0.1, -0.05) is 19.1 Å². The number of hydrogen-bond donors (Lipinski definition) is 1. The van der Waals surface area contributed by atoms with Crippen LogP contribution < -0.4 is 10.2 Å². The lowest BCUT2D eigenvalue weighted by Crippen LogP contribution is -2.44. The Balaban J connectivity index is 2.05. The molecule has 1 aliphatic heterocycles. The summed E-state index contributed by atoms with van der Waals surface area (Å²) in [7, 11) is 0. The number of para-hydroxylation sites is 2. The number of imidazole rings is 1. The van der Waals surface area contributed by atoms with Gasteiger partial charge in [-0.25, -0.2) is 4.98 Å². The second-order valence-electron chi connectivity index (χ2n) is 4.79. The minimum atomic E-state index is 1.04. The van der Waals surface area contributed by atoms with Crippen LogP contribution in [0.15, 0.2) is 24.3 Å². The van der Waals surface area contributed by atoms with E-state index in [1.54, 1.807) is 0 Å². The molecule has 0 aliphatic carbocycles. The number of fused-ring (bicyclic) bond motifs is 1. The van der Waals surface area contributed by atoms with Crippen LogP contribution >= 0.6 is 0 Å². The van der Waals surface area contributed by atoms with Crippen LogP contribution in [0.2, 0.25) is 0 Å². The molecule has 3 rings (SSSR count). The van der Waals surface area contributed by atoms with Gasteiger partial charge in [-0.2, -0.15) is 0 Å². The van der Waals surface area contributed by atoms with Gasteiger partial charge in [-0.3, -0.25) is 0 Å². The van der Waals surface area contributed by atoms with Crippen molar-refractivity contribution in [2.24, 2.45) is 0 Å². The van der Waals surface area contributed by atoms with Gasteiger partial charge in [-0.15, -0.1) is 0 Å². The predicted molar refractivity (Wildman–Crippen MR) is 75.1 cm³/mol. The Labute approximate surface area is 108 Å². The van der Waals surface area contributed by atoms with Crippen LogP contribution in [0.25, 0.3) is 11.0 Å². The quantitative estimate of drug-likeness (QED) is 0.894. The van der Waals surface area contributed by atoms with Gasteiger partial charge in [0.1, 0.15) is 0 Å². The van der Waals surface area contributed by atoms with Gasteiger partial charge in [-0.05, 0) is 18.6 Å². The van der Waals surface area contributed by atoms with Crippen LogP contribution in [0.3, 0.4) is 0 Å². The third kappa shape index (κ3) is 1.97. The lowest BCUT2D eigenvalue weighted by atomic mass is 10.3. The van der Waals surface area contributed by atoms with E-state index < -0.39 is 0 Å². The van der Waals surface area contributed by atoms with Crippen LogP contribution in [0.1, 0.15) is 13.3 Å². The van der Waals surface area contributed by atoms with Crippen molar-refractivity contribution in [2.75, 3.05) is 31.1 Å². The maximum atomic E-state index is 4.82. The van der Waals surface area contributed by atoms with Crippen molar-refractivity contribution in [2.45, 2.75) is 19.9 Å². The first kappa shape index (κ1) is 11.5. The van der Waals surface area contributed by atoms with Crippen LogP contribution in [0.5, 0.6) is 0 Å².